The number of aromatic nitrogens is 2. The highest BCUT2D eigenvalue weighted by atomic mass is 35.5. The maximum absolute atomic E-state index is 12.1. The van der Waals surface area contributed by atoms with E-state index < -0.39 is 0 Å². The second-order valence-electron chi connectivity index (χ2n) is 5.79. The zero-order chi connectivity index (χ0) is 20.8. The van der Waals surface area contributed by atoms with Crippen molar-refractivity contribution in [2.45, 2.75) is 11.6 Å². The number of hydrogen-bond acceptors (Lipinski definition) is 7. The van der Waals surface area contributed by atoms with Crippen molar-refractivity contribution in [2.75, 3.05) is 25.3 Å². The Balaban J connectivity index is 1.56. The van der Waals surface area contributed by atoms with E-state index in [1.54, 1.807) is 32.4 Å². The van der Waals surface area contributed by atoms with Crippen LogP contribution in [0, 0.1) is 0 Å². The molecule has 1 aromatic heterocycles. The summed E-state index contributed by atoms with van der Waals surface area (Å²) in [4.78, 5) is 12.1. The van der Waals surface area contributed by atoms with E-state index in [0.717, 1.165) is 17.3 Å². The number of nitrogens with one attached hydrogen (secondary N) is 1. The Morgan fingerprint density at radius 2 is 1.90 bits per heavy atom. The van der Waals surface area contributed by atoms with E-state index in [1.165, 1.54) is 0 Å². The first kappa shape index (κ1) is 21.3. The summed E-state index contributed by atoms with van der Waals surface area (Å²) in [7, 11) is 3.15. The Labute approximate surface area is 181 Å². The quantitative estimate of drug-likeness (QED) is 0.493. The van der Waals surface area contributed by atoms with Crippen LogP contribution in [0.3, 0.4) is 0 Å². The molecule has 3 aromatic rings. The minimum Gasteiger partial charge on any atom is -0.493 e. The van der Waals surface area contributed by atoms with Gasteiger partial charge in [-0.3, -0.25) is 4.79 Å². The molecular weight excluding hydrogens is 437 g/mol. The van der Waals surface area contributed by atoms with Crippen LogP contribution in [-0.2, 0) is 11.2 Å². The number of halogens is 2. The Hall–Kier alpha value is -2.42. The lowest BCUT2D eigenvalue weighted by Crippen LogP contribution is -2.14. The van der Waals surface area contributed by atoms with E-state index >= 15 is 0 Å². The number of nitrogens with zero attached hydrogens (tertiary/aromatic N) is 2. The molecule has 0 unspecified atom stereocenters. The van der Waals surface area contributed by atoms with Crippen LogP contribution in [0.4, 0.5) is 5.69 Å². The lowest BCUT2D eigenvalue weighted by atomic mass is 10.1. The topological polar surface area (TPSA) is 86.5 Å². The second-order valence-corrected chi connectivity index (χ2v) is 7.56. The van der Waals surface area contributed by atoms with Crippen LogP contribution in [0.2, 0.25) is 10.0 Å². The Bertz CT molecular complexity index is 1010. The van der Waals surface area contributed by atoms with Crippen LogP contribution in [-0.4, -0.2) is 36.1 Å². The molecule has 1 N–H and O–H groups in total. The molecule has 0 aliphatic carbocycles. The predicted molar refractivity (Wildman–Crippen MR) is 112 cm³/mol. The first-order valence-electron chi connectivity index (χ1n) is 8.39. The number of anilines is 1. The molecule has 0 saturated carbocycles. The zero-order valence-electron chi connectivity index (χ0n) is 15.6. The molecular formula is C19H17Cl2N3O4S. The van der Waals surface area contributed by atoms with Crippen molar-refractivity contribution in [1.29, 1.82) is 0 Å². The molecule has 0 saturated heterocycles. The van der Waals surface area contributed by atoms with Crippen molar-refractivity contribution in [3.8, 4) is 11.5 Å². The normalized spacial score (nSPS) is 10.6. The molecule has 0 spiro atoms. The monoisotopic (exact) mass is 453 g/mol. The van der Waals surface area contributed by atoms with Gasteiger partial charge in [-0.1, -0.05) is 41.0 Å². The maximum atomic E-state index is 12.1. The molecule has 0 aliphatic heterocycles. The highest BCUT2D eigenvalue weighted by Crippen LogP contribution is 2.29. The summed E-state index contributed by atoms with van der Waals surface area (Å²) in [6, 6.07) is 10.4. The van der Waals surface area contributed by atoms with Crippen LogP contribution in [0.15, 0.2) is 46.0 Å². The van der Waals surface area contributed by atoms with Gasteiger partial charge in [0.05, 0.1) is 37.1 Å². The highest BCUT2D eigenvalue weighted by molar-refractivity contribution is 7.99. The smallest absolute Gasteiger partial charge is 0.277 e. The minimum absolute atomic E-state index is 0.0842. The number of rotatable bonds is 8. The minimum atomic E-state index is -0.265. The van der Waals surface area contributed by atoms with Crippen molar-refractivity contribution in [3.63, 3.8) is 0 Å². The zero-order valence-corrected chi connectivity index (χ0v) is 17.9. The Kier molecular flexibility index (Phi) is 7.24. The molecule has 1 amide bonds. The van der Waals surface area contributed by atoms with Gasteiger partial charge < -0.3 is 19.2 Å². The van der Waals surface area contributed by atoms with Crippen molar-refractivity contribution in [1.82, 2.24) is 10.2 Å². The molecule has 0 atom stereocenters. The number of thioether (sulfide) groups is 1. The maximum Gasteiger partial charge on any atom is 0.277 e. The molecule has 0 bridgehead atoms. The molecule has 0 aliphatic rings. The number of carbonyl (C=O) groups excluding carboxylic acids is 1. The van der Waals surface area contributed by atoms with E-state index in [0.29, 0.717) is 44.8 Å². The standard InChI is InChI=1S/C19H17Cl2N3O4S/c1-26-15-6-3-11(7-16(15)27-2)8-18-23-24-19(28-18)29-10-17(25)22-14-9-12(20)4-5-13(14)21/h3-7,9H,8,10H2,1-2H3,(H,22,25). The van der Waals surface area contributed by atoms with Crippen LogP contribution in [0.1, 0.15) is 11.5 Å². The molecule has 7 nitrogen and oxygen atoms in total. The number of hydrogen-bond donors (Lipinski definition) is 1. The molecule has 3 rings (SSSR count). The van der Waals surface area contributed by atoms with Gasteiger partial charge in [-0.15, -0.1) is 10.2 Å². The lowest BCUT2D eigenvalue weighted by Gasteiger charge is -2.08. The van der Waals surface area contributed by atoms with Crippen LogP contribution in [0.5, 0.6) is 11.5 Å². The van der Waals surface area contributed by atoms with E-state index in [9.17, 15) is 4.79 Å². The van der Waals surface area contributed by atoms with Gasteiger partial charge in [-0.05, 0) is 35.9 Å². The van der Waals surface area contributed by atoms with Gasteiger partial charge >= 0.3 is 0 Å². The largest absolute Gasteiger partial charge is 0.493 e. The van der Waals surface area contributed by atoms with Crippen LogP contribution >= 0.6 is 35.0 Å². The number of benzene rings is 2. The Morgan fingerprint density at radius 3 is 2.66 bits per heavy atom. The van der Waals surface area contributed by atoms with Crippen molar-refractivity contribution < 1.29 is 18.7 Å². The first-order valence-corrected chi connectivity index (χ1v) is 10.1. The van der Waals surface area contributed by atoms with Gasteiger partial charge in [0, 0.05) is 5.02 Å². The van der Waals surface area contributed by atoms with Crippen molar-refractivity contribution >= 4 is 46.6 Å². The second kappa shape index (κ2) is 9.87. The third-order valence-corrected chi connectivity index (χ3v) is 5.16. The third-order valence-electron chi connectivity index (χ3n) is 3.78. The molecule has 2 aromatic carbocycles. The molecule has 0 fully saturated rings. The lowest BCUT2D eigenvalue weighted by molar-refractivity contribution is -0.113. The molecule has 10 heteroatoms. The number of amides is 1. The number of methoxy groups -OCH3 is 2. The van der Waals surface area contributed by atoms with Crippen molar-refractivity contribution in [3.05, 3.63) is 57.9 Å². The summed E-state index contributed by atoms with van der Waals surface area (Å²) < 4.78 is 16.1. The van der Waals surface area contributed by atoms with Gasteiger partial charge in [0.2, 0.25) is 11.8 Å². The van der Waals surface area contributed by atoms with E-state index in [-0.39, 0.29) is 11.7 Å². The van der Waals surface area contributed by atoms with Gasteiger partial charge in [0.25, 0.3) is 5.22 Å². The fourth-order valence-corrected chi connectivity index (χ4v) is 3.36. The van der Waals surface area contributed by atoms with Gasteiger partial charge in [-0.2, -0.15) is 0 Å². The van der Waals surface area contributed by atoms with E-state index in [1.807, 2.05) is 18.2 Å². The summed E-state index contributed by atoms with van der Waals surface area (Å²) in [6.45, 7) is 0. The van der Waals surface area contributed by atoms with Gasteiger partial charge in [0.15, 0.2) is 11.5 Å². The first-order chi connectivity index (χ1) is 14.0. The Morgan fingerprint density at radius 1 is 1.10 bits per heavy atom. The summed E-state index contributed by atoms with van der Waals surface area (Å²) in [6.07, 6.45) is 0.429. The average Bonchev–Trinajstić information content (AvgIpc) is 3.16. The number of ether oxygens (including phenoxy) is 2. The summed E-state index contributed by atoms with van der Waals surface area (Å²) >= 11 is 13.1. The fraction of sp³-hybridized carbons (Fsp3) is 0.211. The third kappa shape index (κ3) is 5.79. The summed E-state index contributed by atoms with van der Waals surface area (Å²) in [5, 5.41) is 11.9. The van der Waals surface area contributed by atoms with Crippen LogP contribution in [0.25, 0.3) is 0 Å². The van der Waals surface area contributed by atoms with E-state index in [2.05, 4.69) is 15.5 Å². The summed E-state index contributed by atoms with van der Waals surface area (Å²) in [5.74, 6) is 1.51. The SMILES string of the molecule is COc1ccc(Cc2nnc(SCC(=O)Nc3cc(Cl)ccc3Cl)o2)cc1OC. The fourth-order valence-electron chi connectivity index (χ4n) is 2.44. The van der Waals surface area contributed by atoms with Crippen molar-refractivity contribution in [2.24, 2.45) is 0 Å². The average molecular weight is 454 g/mol. The predicted octanol–water partition coefficient (Wildman–Crippen LogP) is 4.72. The van der Waals surface area contributed by atoms with E-state index in [4.69, 9.17) is 37.1 Å². The molecule has 1 heterocycles. The molecule has 29 heavy (non-hydrogen) atoms. The van der Waals surface area contributed by atoms with Crippen LogP contribution < -0.4 is 14.8 Å². The molecule has 0 radical (unpaired) electrons. The summed E-state index contributed by atoms with van der Waals surface area (Å²) in [5.41, 5.74) is 1.38. The number of carbonyl (C=O) groups is 1. The van der Waals surface area contributed by atoms with Gasteiger partial charge in [0.1, 0.15) is 0 Å². The highest BCUT2D eigenvalue weighted by Gasteiger charge is 2.13. The van der Waals surface area contributed by atoms with Gasteiger partial charge in [-0.25, -0.2) is 0 Å². The molecule has 152 valence electrons.